The van der Waals surface area contributed by atoms with Gasteiger partial charge in [-0.1, -0.05) is 30.0 Å². The summed E-state index contributed by atoms with van der Waals surface area (Å²) < 4.78 is 4.04. The van der Waals surface area contributed by atoms with Gasteiger partial charge in [0.15, 0.2) is 21.9 Å². The van der Waals surface area contributed by atoms with E-state index in [-0.39, 0.29) is 11.5 Å². The third-order valence-corrected chi connectivity index (χ3v) is 7.29. The van der Waals surface area contributed by atoms with Crippen molar-refractivity contribution in [1.29, 1.82) is 0 Å². The van der Waals surface area contributed by atoms with Crippen molar-refractivity contribution in [2.45, 2.75) is 25.9 Å². The van der Waals surface area contributed by atoms with Gasteiger partial charge in [-0.25, -0.2) is 4.98 Å². The third kappa shape index (κ3) is 4.08. The van der Waals surface area contributed by atoms with E-state index in [1.807, 2.05) is 64.8 Å². The van der Waals surface area contributed by atoms with E-state index in [9.17, 15) is 4.79 Å². The van der Waals surface area contributed by atoms with Gasteiger partial charge in [-0.15, -0.1) is 21.5 Å². The quantitative estimate of drug-likeness (QED) is 0.224. The number of ketones is 1. The molecule has 0 aliphatic carbocycles. The van der Waals surface area contributed by atoms with Gasteiger partial charge in [-0.3, -0.25) is 18.9 Å². The Morgan fingerprint density at radius 2 is 1.79 bits per heavy atom. The minimum absolute atomic E-state index is 0.0469. The van der Waals surface area contributed by atoms with Crippen LogP contribution >= 0.6 is 23.1 Å². The van der Waals surface area contributed by atoms with Crippen molar-refractivity contribution in [3.63, 3.8) is 0 Å². The first-order valence-electron chi connectivity index (χ1n) is 10.7. The summed E-state index contributed by atoms with van der Waals surface area (Å²) in [6, 6.07) is 13.8. The minimum Gasteiger partial charge on any atom is -0.294 e. The molecule has 0 aliphatic heterocycles. The van der Waals surface area contributed by atoms with Crippen molar-refractivity contribution in [1.82, 2.24) is 29.3 Å². The number of benzene rings is 1. The van der Waals surface area contributed by atoms with E-state index in [0.717, 1.165) is 33.3 Å². The van der Waals surface area contributed by atoms with Crippen molar-refractivity contribution in [3.05, 3.63) is 88.9 Å². The number of thiazole rings is 1. The van der Waals surface area contributed by atoms with Gasteiger partial charge in [0.1, 0.15) is 0 Å². The Morgan fingerprint density at radius 1 is 1.00 bits per heavy atom. The van der Waals surface area contributed by atoms with Crippen molar-refractivity contribution in [3.8, 4) is 22.2 Å². The van der Waals surface area contributed by atoms with Crippen LogP contribution in [0.3, 0.4) is 0 Å². The largest absolute Gasteiger partial charge is 0.294 e. The second-order valence-corrected chi connectivity index (χ2v) is 9.63. The van der Waals surface area contributed by atoms with Crippen LogP contribution in [0.2, 0.25) is 0 Å². The molecule has 4 aromatic heterocycles. The molecule has 34 heavy (non-hydrogen) atoms. The standard InChI is InChI=1S/C25H22N6OS2/c1-16-6-4-5-7-21(16)31-23(19-8-10-26-11-9-19)28-29-25(31)34-15-22(32)20-14-17(2)30(18(20)3)24-27-12-13-33-24/h4-14H,15H2,1-3H3. The van der Waals surface area contributed by atoms with Crippen LogP contribution in [0.5, 0.6) is 0 Å². The molecule has 0 amide bonds. The molecular formula is C25H22N6OS2. The summed E-state index contributed by atoms with van der Waals surface area (Å²) in [5.41, 5.74) is 5.58. The Hall–Kier alpha value is -3.56. The lowest BCUT2D eigenvalue weighted by atomic mass is 10.2. The molecule has 0 atom stereocenters. The first-order chi connectivity index (χ1) is 16.5. The maximum absolute atomic E-state index is 13.2. The molecule has 0 aliphatic rings. The van der Waals surface area contributed by atoms with E-state index in [2.05, 4.69) is 33.2 Å². The third-order valence-electron chi connectivity index (χ3n) is 5.60. The smallest absolute Gasteiger partial charge is 0.196 e. The Bertz CT molecular complexity index is 1450. The summed E-state index contributed by atoms with van der Waals surface area (Å²) in [6.45, 7) is 6.01. The van der Waals surface area contributed by atoms with Crippen molar-refractivity contribution in [2.24, 2.45) is 0 Å². The number of rotatable bonds is 7. The molecule has 0 fully saturated rings. The Labute approximate surface area is 205 Å². The number of Topliss-reactive ketones (excluding diaryl/α,β-unsaturated/α-hetero) is 1. The van der Waals surface area contributed by atoms with Crippen LogP contribution < -0.4 is 0 Å². The zero-order valence-electron chi connectivity index (χ0n) is 19.0. The molecule has 0 bridgehead atoms. The van der Waals surface area contributed by atoms with Crippen molar-refractivity contribution < 1.29 is 4.79 Å². The molecule has 1 aromatic carbocycles. The lowest BCUT2D eigenvalue weighted by molar-refractivity contribution is 0.102. The highest BCUT2D eigenvalue weighted by molar-refractivity contribution is 7.99. The molecule has 0 saturated heterocycles. The van der Waals surface area contributed by atoms with E-state index in [4.69, 9.17) is 0 Å². The monoisotopic (exact) mass is 486 g/mol. The second-order valence-electron chi connectivity index (χ2n) is 7.81. The molecule has 4 heterocycles. The number of pyridine rings is 1. The highest BCUT2D eigenvalue weighted by Crippen LogP contribution is 2.30. The van der Waals surface area contributed by atoms with Gasteiger partial charge in [-0.05, 0) is 50.6 Å². The van der Waals surface area contributed by atoms with Crippen LogP contribution in [0.4, 0.5) is 0 Å². The van der Waals surface area contributed by atoms with Crippen LogP contribution in [0.25, 0.3) is 22.2 Å². The second kappa shape index (κ2) is 9.36. The average molecular weight is 487 g/mol. The highest BCUT2D eigenvalue weighted by atomic mass is 32.2. The van der Waals surface area contributed by atoms with E-state index in [0.29, 0.717) is 16.5 Å². The molecule has 0 saturated carbocycles. The Morgan fingerprint density at radius 3 is 2.53 bits per heavy atom. The number of nitrogens with zero attached hydrogens (tertiary/aromatic N) is 6. The Balaban J connectivity index is 1.47. The Kier molecular flexibility index (Phi) is 6.12. The summed E-state index contributed by atoms with van der Waals surface area (Å²) >= 11 is 2.94. The van der Waals surface area contributed by atoms with Crippen LogP contribution in [-0.2, 0) is 0 Å². The SMILES string of the molecule is Cc1ccccc1-n1c(SCC(=O)c2cc(C)n(-c3nccs3)c2C)nnc1-c1ccncc1. The zero-order chi connectivity index (χ0) is 23.7. The van der Waals surface area contributed by atoms with Gasteiger partial charge in [0.05, 0.1) is 11.4 Å². The first-order valence-corrected chi connectivity index (χ1v) is 12.6. The molecule has 0 spiro atoms. The molecule has 5 rings (SSSR count). The van der Waals surface area contributed by atoms with Gasteiger partial charge in [0.25, 0.3) is 0 Å². The van der Waals surface area contributed by atoms with E-state index in [1.165, 1.54) is 11.8 Å². The normalized spacial score (nSPS) is 11.1. The molecule has 170 valence electrons. The predicted octanol–water partition coefficient (Wildman–Crippen LogP) is 5.48. The fraction of sp³-hybridized carbons (Fsp3) is 0.160. The predicted molar refractivity (Wildman–Crippen MR) is 135 cm³/mol. The minimum atomic E-state index is 0.0469. The van der Waals surface area contributed by atoms with Crippen LogP contribution in [0.15, 0.2) is 71.6 Å². The molecule has 0 unspecified atom stereocenters. The van der Waals surface area contributed by atoms with Gasteiger partial charge in [0.2, 0.25) is 0 Å². The van der Waals surface area contributed by atoms with Crippen molar-refractivity contribution >= 4 is 28.9 Å². The number of carbonyl (C=O) groups excluding carboxylic acids is 1. The molecule has 0 radical (unpaired) electrons. The van der Waals surface area contributed by atoms with Crippen LogP contribution in [0, 0.1) is 20.8 Å². The number of hydrogen-bond donors (Lipinski definition) is 0. The average Bonchev–Trinajstić information content (AvgIpc) is 3.58. The topological polar surface area (TPSA) is 78.5 Å². The van der Waals surface area contributed by atoms with Gasteiger partial charge in [-0.2, -0.15) is 0 Å². The molecular weight excluding hydrogens is 464 g/mol. The van der Waals surface area contributed by atoms with E-state index in [1.54, 1.807) is 29.9 Å². The summed E-state index contributed by atoms with van der Waals surface area (Å²) in [4.78, 5) is 21.8. The summed E-state index contributed by atoms with van der Waals surface area (Å²) in [7, 11) is 0. The molecule has 5 aromatic rings. The van der Waals surface area contributed by atoms with Gasteiger partial charge >= 0.3 is 0 Å². The van der Waals surface area contributed by atoms with E-state index < -0.39 is 0 Å². The maximum atomic E-state index is 13.2. The van der Waals surface area contributed by atoms with Crippen molar-refractivity contribution in [2.75, 3.05) is 5.75 Å². The number of para-hydroxylation sites is 1. The molecule has 7 nitrogen and oxygen atoms in total. The summed E-state index contributed by atoms with van der Waals surface area (Å²) in [5.74, 6) is 1.02. The number of hydrogen-bond acceptors (Lipinski definition) is 7. The summed E-state index contributed by atoms with van der Waals surface area (Å²) in [5, 5.41) is 12.4. The zero-order valence-corrected chi connectivity index (χ0v) is 20.6. The van der Waals surface area contributed by atoms with Crippen LogP contribution in [0.1, 0.15) is 27.3 Å². The van der Waals surface area contributed by atoms with Gasteiger partial charge in [0, 0.05) is 46.5 Å². The fourth-order valence-electron chi connectivity index (χ4n) is 3.96. The molecule has 9 heteroatoms. The number of aromatic nitrogens is 6. The lowest BCUT2D eigenvalue weighted by Gasteiger charge is -2.12. The van der Waals surface area contributed by atoms with Crippen LogP contribution in [-0.4, -0.2) is 40.8 Å². The highest BCUT2D eigenvalue weighted by Gasteiger charge is 2.21. The number of aryl methyl sites for hydroxylation is 2. The van der Waals surface area contributed by atoms with Gasteiger partial charge < -0.3 is 0 Å². The summed E-state index contributed by atoms with van der Waals surface area (Å²) in [6.07, 6.45) is 5.25. The first kappa shape index (κ1) is 22.2. The fourth-order valence-corrected chi connectivity index (χ4v) is 5.54. The molecule has 0 N–H and O–H groups in total. The number of carbonyl (C=O) groups is 1. The number of thioether (sulfide) groups is 1. The maximum Gasteiger partial charge on any atom is 0.196 e. The lowest BCUT2D eigenvalue weighted by Crippen LogP contribution is -2.07. The van der Waals surface area contributed by atoms with E-state index >= 15 is 0 Å².